The molecule has 2 N–H and O–H groups in total. The Bertz CT molecular complexity index is 626. The van der Waals surface area contributed by atoms with Gasteiger partial charge in [-0.25, -0.2) is 4.79 Å². The van der Waals surface area contributed by atoms with Gasteiger partial charge in [-0.05, 0) is 31.0 Å². The Labute approximate surface area is 116 Å². The Morgan fingerprint density at radius 3 is 2.80 bits per heavy atom. The topological polar surface area (TPSA) is 79.7 Å². The van der Waals surface area contributed by atoms with Gasteiger partial charge in [-0.15, -0.1) is 0 Å². The van der Waals surface area contributed by atoms with Crippen molar-refractivity contribution in [3.63, 3.8) is 0 Å². The van der Waals surface area contributed by atoms with E-state index in [1.54, 1.807) is 32.2 Å². The third kappa shape index (κ3) is 2.64. The first-order valence-corrected chi connectivity index (χ1v) is 6.43. The number of pyridine rings is 1. The maximum Gasteiger partial charge on any atom is 0.338 e. The van der Waals surface area contributed by atoms with E-state index >= 15 is 0 Å². The molecule has 2 aromatic rings. The largest absolute Gasteiger partial charge is 0.464 e. The number of esters is 1. The molecule has 0 saturated carbocycles. The van der Waals surface area contributed by atoms with Gasteiger partial charge in [0.1, 0.15) is 6.10 Å². The molecule has 1 aromatic heterocycles. The van der Waals surface area contributed by atoms with E-state index in [4.69, 9.17) is 4.74 Å². The number of aliphatic hydroxyl groups is 2. The molecule has 5 nitrogen and oxygen atoms in total. The fraction of sp³-hybridized carbons (Fsp3) is 0.333. The van der Waals surface area contributed by atoms with Gasteiger partial charge in [-0.1, -0.05) is 18.2 Å². The zero-order chi connectivity index (χ0) is 14.7. The standard InChI is InChI=1S/C15H17NO4/c1-3-20-15(19)14(18)13(17)11-7-6-10-5-4-8-16-12(10)9(11)2/h4-8,13-14,17-18H,3H2,1-2H3. The van der Waals surface area contributed by atoms with E-state index in [2.05, 4.69) is 4.98 Å². The van der Waals surface area contributed by atoms with Crippen molar-refractivity contribution >= 4 is 16.9 Å². The molecule has 2 atom stereocenters. The van der Waals surface area contributed by atoms with Crippen LogP contribution in [0.5, 0.6) is 0 Å². The van der Waals surface area contributed by atoms with Crippen molar-refractivity contribution in [2.45, 2.75) is 26.1 Å². The number of nitrogens with zero attached hydrogens (tertiary/aromatic N) is 1. The van der Waals surface area contributed by atoms with Crippen molar-refractivity contribution in [2.75, 3.05) is 6.61 Å². The van der Waals surface area contributed by atoms with Gasteiger partial charge < -0.3 is 14.9 Å². The number of aliphatic hydroxyl groups excluding tert-OH is 2. The second-order valence-corrected chi connectivity index (χ2v) is 4.50. The van der Waals surface area contributed by atoms with Crippen LogP contribution in [0.1, 0.15) is 24.2 Å². The quantitative estimate of drug-likeness (QED) is 0.827. The van der Waals surface area contributed by atoms with Crippen LogP contribution < -0.4 is 0 Å². The zero-order valence-electron chi connectivity index (χ0n) is 11.4. The minimum absolute atomic E-state index is 0.154. The van der Waals surface area contributed by atoms with Crippen molar-refractivity contribution in [1.82, 2.24) is 4.98 Å². The van der Waals surface area contributed by atoms with Crippen LogP contribution in [-0.2, 0) is 9.53 Å². The van der Waals surface area contributed by atoms with E-state index in [-0.39, 0.29) is 6.61 Å². The molecule has 106 valence electrons. The number of fused-ring (bicyclic) bond motifs is 1. The van der Waals surface area contributed by atoms with Crippen LogP contribution in [0.25, 0.3) is 10.9 Å². The minimum atomic E-state index is -1.60. The summed E-state index contributed by atoms with van der Waals surface area (Å²) in [6.07, 6.45) is -1.27. The Balaban J connectivity index is 2.37. The fourth-order valence-corrected chi connectivity index (χ4v) is 2.15. The first-order chi connectivity index (χ1) is 9.56. The van der Waals surface area contributed by atoms with Gasteiger partial charge in [0, 0.05) is 11.6 Å². The highest BCUT2D eigenvalue weighted by Gasteiger charge is 2.28. The van der Waals surface area contributed by atoms with Crippen LogP contribution in [-0.4, -0.2) is 33.9 Å². The monoisotopic (exact) mass is 275 g/mol. The van der Waals surface area contributed by atoms with Crippen molar-refractivity contribution in [2.24, 2.45) is 0 Å². The van der Waals surface area contributed by atoms with Crippen LogP contribution >= 0.6 is 0 Å². The number of aromatic nitrogens is 1. The number of carbonyl (C=O) groups excluding carboxylic acids is 1. The van der Waals surface area contributed by atoms with Crippen molar-refractivity contribution in [1.29, 1.82) is 0 Å². The number of hydrogen-bond acceptors (Lipinski definition) is 5. The summed E-state index contributed by atoms with van der Waals surface area (Å²) in [5, 5.41) is 20.9. The molecule has 0 aliphatic heterocycles. The molecule has 0 saturated heterocycles. The summed E-state index contributed by atoms with van der Waals surface area (Å²) in [6.45, 7) is 3.59. The summed E-state index contributed by atoms with van der Waals surface area (Å²) in [6, 6.07) is 7.22. The molecule has 0 spiro atoms. The van der Waals surface area contributed by atoms with Gasteiger partial charge in [0.05, 0.1) is 12.1 Å². The second-order valence-electron chi connectivity index (χ2n) is 4.50. The highest BCUT2D eigenvalue weighted by molar-refractivity contribution is 5.83. The highest BCUT2D eigenvalue weighted by Crippen LogP contribution is 2.26. The molecule has 2 rings (SSSR count). The lowest BCUT2D eigenvalue weighted by Gasteiger charge is -2.19. The predicted octanol–water partition coefficient (Wildman–Crippen LogP) is 1.50. The van der Waals surface area contributed by atoms with Crippen LogP contribution in [0.4, 0.5) is 0 Å². The maximum atomic E-state index is 11.5. The number of hydrogen-bond donors (Lipinski definition) is 2. The van der Waals surface area contributed by atoms with E-state index in [0.717, 1.165) is 16.5 Å². The van der Waals surface area contributed by atoms with Gasteiger partial charge in [-0.2, -0.15) is 0 Å². The fourth-order valence-electron chi connectivity index (χ4n) is 2.15. The lowest BCUT2D eigenvalue weighted by molar-refractivity contribution is -0.159. The number of rotatable bonds is 4. The van der Waals surface area contributed by atoms with Crippen LogP contribution in [0, 0.1) is 6.92 Å². The molecule has 1 aromatic carbocycles. The lowest BCUT2D eigenvalue weighted by Crippen LogP contribution is -2.30. The molecule has 0 amide bonds. The molecule has 0 aliphatic carbocycles. The highest BCUT2D eigenvalue weighted by atomic mass is 16.5. The van der Waals surface area contributed by atoms with E-state index in [0.29, 0.717) is 5.56 Å². The van der Waals surface area contributed by atoms with Gasteiger partial charge in [-0.3, -0.25) is 4.98 Å². The summed E-state index contributed by atoms with van der Waals surface area (Å²) in [7, 11) is 0. The Morgan fingerprint density at radius 2 is 2.10 bits per heavy atom. The van der Waals surface area contributed by atoms with Gasteiger partial charge in [0.15, 0.2) is 6.10 Å². The summed E-state index contributed by atoms with van der Waals surface area (Å²) >= 11 is 0. The van der Waals surface area contributed by atoms with E-state index in [1.807, 2.05) is 12.1 Å². The van der Waals surface area contributed by atoms with E-state index in [1.165, 1.54) is 0 Å². The maximum absolute atomic E-state index is 11.5. The summed E-state index contributed by atoms with van der Waals surface area (Å²) in [5.41, 5.74) is 1.94. The van der Waals surface area contributed by atoms with E-state index < -0.39 is 18.2 Å². The molecule has 0 aliphatic rings. The molecule has 20 heavy (non-hydrogen) atoms. The minimum Gasteiger partial charge on any atom is -0.464 e. The normalized spacial score (nSPS) is 14.0. The van der Waals surface area contributed by atoms with Crippen molar-refractivity contribution in [3.05, 3.63) is 41.6 Å². The average molecular weight is 275 g/mol. The van der Waals surface area contributed by atoms with Crippen LogP contribution in [0.15, 0.2) is 30.5 Å². The SMILES string of the molecule is CCOC(=O)C(O)C(O)c1ccc2cccnc2c1C. The average Bonchev–Trinajstić information content (AvgIpc) is 2.46. The Kier molecular flexibility index (Phi) is 4.32. The molecule has 0 bridgehead atoms. The van der Waals surface area contributed by atoms with Crippen LogP contribution in [0.3, 0.4) is 0 Å². The van der Waals surface area contributed by atoms with Gasteiger partial charge in [0.25, 0.3) is 0 Å². The molecular weight excluding hydrogens is 258 g/mol. The molecule has 2 unspecified atom stereocenters. The summed E-state index contributed by atoms with van der Waals surface area (Å²) in [4.78, 5) is 15.7. The lowest BCUT2D eigenvalue weighted by atomic mass is 9.97. The Hall–Kier alpha value is -1.98. The first-order valence-electron chi connectivity index (χ1n) is 6.43. The number of carbonyl (C=O) groups is 1. The molecule has 0 fully saturated rings. The van der Waals surface area contributed by atoms with Crippen LogP contribution in [0.2, 0.25) is 0 Å². The van der Waals surface area contributed by atoms with Crippen molar-refractivity contribution in [3.8, 4) is 0 Å². The summed E-state index contributed by atoms with van der Waals surface area (Å²) in [5.74, 6) is -0.833. The number of aryl methyl sites for hydroxylation is 1. The second kappa shape index (κ2) is 5.98. The molecule has 0 radical (unpaired) electrons. The third-order valence-corrected chi connectivity index (χ3v) is 3.22. The summed E-state index contributed by atoms with van der Waals surface area (Å²) < 4.78 is 4.71. The molecular formula is C15H17NO4. The predicted molar refractivity (Wildman–Crippen MR) is 74.1 cm³/mol. The van der Waals surface area contributed by atoms with E-state index in [9.17, 15) is 15.0 Å². The van der Waals surface area contributed by atoms with Crippen molar-refractivity contribution < 1.29 is 19.7 Å². The molecule has 5 heteroatoms. The third-order valence-electron chi connectivity index (χ3n) is 3.22. The smallest absolute Gasteiger partial charge is 0.338 e. The number of benzene rings is 1. The van der Waals surface area contributed by atoms with Gasteiger partial charge in [0.2, 0.25) is 0 Å². The Morgan fingerprint density at radius 1 is 1.35 bits per heavy atom. The number of ether oxygens (including phenoxy) is 1. The van der Waals surface area contributed by atoms with Gasteiger partial charge >= 0.3 is 5.97 Å². The molecule has 1 heterocycles. The zero-order valence-corrected chi connectivity index (χ0v) is 11.4. The first kappa shape index (κ1) is 14.4.